The average Bonchev–Trinajstić information content (AvgIpc) is 3.11. The van der Waals surface area contributed by atoms with Crippen molar-refractivity contribution in [1.29, 1.82) is 0 Å². The SMILES string of the molecule is Cc1cc(C)c(NC(=O)CSc2nnc(-c3ccccc3)c3sc(C)nc23)c(C)c1. The molecule has 0 aliphatic heterocycles. The van der Waals surface area contributed by atoms with Crippen LogP contribution in [0.3, 0.4) is 0 Å². The van der Waals surface area contributed by atoms with Crippen LogP contribution in [0.2, 0.25) is 0 Å². The molecule has 0 aliphatic rings. The third-order valence-electron chi connectivity index (χ3n) is 4.72. The molecule has 4 rings (SSSR count). The molecule has 4 aromatic rings. The molecule has 0 atom stereocenters. The maximum atomic E-state index is 12.6. The molecule has 1 N–H and O–H groups in total. The van der Waals surface area contributed by atoms with Crippen LogP contribution in [0.5, 0.6) is 0 Å². The number of thiazole rings is 1. The number of aromatic nitrogens is 3. The number of nitrogens with zero attached hydrogens (tertiary/aromatic N) is 3. The first kappa shape index (κ1) is 20.5. The molecule has 0 aliphatic carbocycles. The van der Waals surface area contributed by atoms with Crippen molar-refractivity contribution in [3.05, 3.63) is 64.2 Å². The molecular weight excluding hydrogens is 412 g/mol. The standard InChI is InChI=1S/C23H22N4OS2/c1-13-10-14(2)19(15(3)11-13)25-18(28)12-29-23-21-22(30-16(4)24-21)20(26-27-23)17-8-6-5-7-9-17/h5-11H,12H2,1-4H3,(H,25,28). The van der Waals surface area contributed by atoms with E-state index in [-0.39, 0.29) is 11.7 Å². The number of amides is 1. The van der Waals surface area contributed by atoms with E-state index in [2.05, 4.69) is 39.6 Å². The van der Waals surface area contributed by atoms with Gasteiger partial charge < -0.3 is 5.32 Å². The number of carbonyl (C=O) groups is 1. The minimum atomic E-state index is -0.0657. The molecule has 0 spiro atoms. The van der Waals surface area contributed by atoms with E-state index >= 15 is 0 Å². The van der Waals surface area contributed by atoms with Crippen molar-refractivity contribution in [3.8, 4) is 11.3 Å². The molecule has 0 bridgehead atoms. The van der Waals surface area contributed by atoms with Crippen molar-refractivity contribution < 1.29 is 4.79 Å². The number of aryl methyl sites for hydroxylation is 4. The first-order chi connectivity index (χ1) is 14.4. The van der Waals surface area contributed by atoms with Crippen LogP contribution in [0.15, 0.2) is 47.5 Å². The molecule has 5 nitrogen and oxygen atoms in total. The number of nitrogens with one attached hydrogen (secondary N) is 1. The lowest BCUT2D eigenvalue weighted by Crippen LogP contribution is -2.16. The Balaban J connectivity index is 1.56. The lowest BCUT2D eigenvalue weighted by molar-refractivity contribution is -0.113. The van der Waals surface area contributed by atoms with Crippen molar-refractivity contribution in [2.24, 2.45) is 0 Å². The Kier molecular flexibility index (Phi) is 5.83. The van der Waals surface area contributed by atoms with Crippen LogP contribution in [0.4, 0.5) is 5.69 Å². The van der Waals surface area contributed by atoms with Gasteiger partial charge in [0.15, 0.2) is 0 Å². The van der Waals surface area contributed by atoms with E-state index in [0.717, 1.165) is 43.3 Å². The molecule has 30 heavy (non-hydrogen) atoms. The van der Waals surface area contributed by atoms with Crippen LogP contribution in [-0.4, -0.2) is 26.8 Å². The fourth-order valence-corrected chi connectivity index (χ4v) is 5.20. The van der Waals surface area contributed by atoms with Gasteiger partial charge in [0.2, 0.25) is 5.91 Å². The number of benzene rings is 2. The number of anilines is 1. The summed E-state index contributed by atoms with van der Waals surface area (Å²) in [6.07, 6.45) is 0. The normalized spacial score (nSPS) is 11.1. The quantitative estimate of drug-likeness (QED) is 0.407. The third kappa shape index (κ3) is 4.22. The maximum Gasteiger partial charge on any atom is 0.234 e. The molecule has 0 unspecified atom stereocenters. The molecule has 0 saturated heterocycles. The van der Waals surface area contributed by atoms with Crippen LogP contribution in [0.25, 0.3) is 21.5 Å². The molecule has 152 valence electrons. The molecule has 0 fully saturated rings. The summed E-state index contributed by atoms with van der Waals surface area (Å²) in [5, 5.41) is 13.5. The monoisotopic (exact) mass is 434 g/mol. The second-order valence-electron chi connectivity index (χ2n) is 7.24. The van der Waals surface area contributed by atoms with Gasteiger partial charge in [-0.15, -0.1) is 21.5 Å². The molecule has 2 aromatic heterocycles. The molecule has 0 radical (unpaired) electrons. The highest BCUT2D eigenvalue weighted by molar-refractivity contribution is 8.00. The highest BCUT2D eigenvalue weighted by atomic mass is 32.2. The first-order valence-electron chi connectivity index (χ1n) is 9.62. The van der Waals surface area contributed by atoms with Gasteiger partial charge in [0, 0.05) is 11.3 Å². The summed E-state index contributed by atoms with van der Waals surface area (Å²) < 4.78 is 1.00. The van der Waals surface area contributed by atoms with E-state index < -0.39 is 0 Å². The highest BCUT2D eigenvalue weighted by Crippen LogP contribution is 2.35. The molecule has 2 heterocycles. The topological polar surface area (TPSA) is 67.8 Å². The number of hydrogen-bond donors (Lipinski definition) is 1. The van der Waals surface area contributed by atoms with E-state index in [4.69, 9.17) is 0 Å². The second kappa shape index (κ2) is 8.53. The Labute approximate surface area is 184 Å². The molecule has 1 amide bonds. The number of rotatable bonds is 5. The zero-order valence-electron chi connectivity index (χ0n) is 17.3. The molecular formula is C23H22N4OS2. The predicted octanol–water partition coefficient (Wildman–Crippen LogP) is 5.72. The van der Waals surface area contributed by atoms with E-state index in [1.54, 1.807) is 11.3 Å². The van der Waals surface area contributed by atoms with Gasteiger partial charge in [-0.2, -0.15) is 0 Å². The van der Waals surface area contributed by atoms with Crippen molar-refractivity contribution in [1.82, 2.24) is 15.2 Å². The first-order valence-corrected chi connectivity index (χ1v) is 11.4. The van der Waals surface area contributed by atoms with Gasteiger partial charge in [0.05, 0.1) is 15.5 Å². The van der Waals surface area contributed by atoms with Crippen molar-refractivity contribution in [2.75, 3.05) is 11.1 Å². The summed E-state index contributed by atoms with van der Waals surface area (Å²) in [7, 11) is 0. The molecule has 7 heteroatoms. The van der Waals surface area contributed by atoms with Gasteiger partial charge in [-0.3, -0.25) is 4.79 Å². The van der Waals surface area contributed by atoms with Crippen LogP contribution in [0, 0.1) is 27.7 Å². The Hall–Kier alpha value is -2.77. The van der Waals surface area contributed by atoms with E-state index in [1.807, 2.05) is 51.1 Å². The summed E-state index contributed by atoms with van der Waals surface area (Å²) in [6, 6.07) is 14.1. The van der Waals surface area contributed by atoms with Gasteiger partial charge in [0.25, 0.3) is 0 Å². The van der Waals surface area contributed by atoms with Crippen molar-refractivity contribution >= 4 is 44.9 Å². The summed E-state index contributed by atoms with van der Waals surface area (Å²) in [4.78, 5) is 17.3. The molecule has 2 aromatic carbocycles. The zero-order valence-corrected chi connectivity index (χ0v) is 18.9. The van der Waals surface area contributed by atoms with Crippen LogP contribution >= 0.6 is 23.1 Å². The fraction of sp³-hybridized carbons (Fsp3) is 0.217. The maximum absolute atomic E-state index is 12.6. The van der Waals surface area contributed by atoms with Gasteiger partial charge in [-0.1, -0.05) is 59.8 Å². The number of carbonyl (C=O) groups excluding carboxylic acids is 1. The summed E-state index contributed by atoms with van der Waals surface area (Å²) in [6.45, 7) is 8.06. The van der Waals surface area contributed by atoms with Crippen molar-refractivity contribution in [3.63, 3.8) is 0 Å². The van der Waals surface area contributed by atoms with Crippen LogP contribution in [0.1, 0.15) is 21.7 Å². The zero-order chi connectivity index (χ0) is 21.3. The largest absolute Gasteiger partial charge is 0.325 e. The minimum absolute atomic E-state index is 0.0657. The Morgan fingerprint density at radius 2 is 1.73 bits per heavy atom. The van der Waals surface area contributed by atoms with Crippen molar-refractivity contribution in [2.45, 2.75) is 32.7 Å². The summed E-state index contributed by atoms with van der Waals surface area (Å²) >= 11 is 2.97. The Morgan fingerprint density at radius 1 is 1.03 bits per heavy atom. The average molecular weight is 435 g/mol. The lowest BCUT2D eigenvalue weighted by atomic mass is 10.1. The lowest BCUT2D eigenvalue weighted by Gasteiger charge is -2.12. The highest BCUT2D eigenvalue weighted by Gasteiger charge is 2.17. The molecule has 0 saturated carbocycles. The van der Waals surface area contributed by atoms with Crippen LogP contribution < -0.4 is 5.32 Å². The smallest absolute Gasteiger partial charge is 0.234 e. The Morgan fingerprint density at radius 3 is 2.43 bits per heavy atom. The third-order valence-corrected chi connectivity index (χ3v) is 6.65. The fourth-order valence-electron chi connectivity index (χ4n) is 3.49. The van der Waals surface area contributed by atoms with Gasteiger partial charge in [-0.05, 0) is 38.8 Å². The summed E-state index contributed by atoms with van der Waals surface area (Å²) in [5.41, 5.74) is 6.85. The minimum Gasteiger partial charge on any atom is -0.325 e. The second-order valence-corrected chi connectivity index (χ2v) is 9.41. The predicted molar refractivity (Wildman–Crippen MR) is 125 cm³/mol. The van der Waals surface area contributed by atoms with E-state index in [9.17, 15) is 4.79 Å². The van der Waals surface area contributed by atoms with E-state index in [1.165, 1.54) is 17.3 Å². The number of thioether (sulfide) groups is 1. The van der Waals surface area contributed by atoms with Crippen LogP contribution in [-0.2, 0) is 4.79 Å². The Bertz CT molecular complexity index is 1210. The van der Waals surface area contributed by atoms with Gasteiger partial charge in [-0.25, -0.2) is 4.98 Å². The number of fused-ring (bicyclic) bond motifs is 1. The summed E-state index contributed by atoms with van der Waals surface area (Å²) in [5.74, 6) is 0.182. The number of hydrogen-bond acceptors (Lipinski definition) is 6. The van der Waals surface area contributed by atoms with Gasteiger partial charge >= 0.3 is 0 Å². The van der Waals surface area contributed by atoms with E-state index in [0.29, 0.717) is 5.03 Å². The van der Waals surface area contributed by atoms with Gasteiger partial charge in [0.1, 0.15) is 16.2 Å².